The average molecular weight is 372 g/mol. The Morgan fingerprint density at radius 3 is 2.50 bits per heavy atom. The maximum atomic E-state index is 13.0. The third-order valence-corrected chi connectivity index (χ3v) is 5.06. The Bertz CT molecular complexity index is 1010. The summed E-state index contributed by atoms with van der Waals surface area (Å²) in [6.07, 6.45) is 3.69. The minimum Gasteiger partial charge on any atom is -0.277 e. The van der Waals surface area contributed by atoms with Gasteiger partial charge in [-0.3, -0.25) is 5.10 Å². The van der Waals surface area contributed by atoms with Crippen molar-refractivity contribution in [3.05, 3.63) is 71.7 Å². The van der Waals surface area contributed by atoms with Crippen LogP contribution in [0.4, 0.5) is 4.39 Å². The molecule has 2 aromatic carbocycles. The lowest BCUT2D eigenvalue weighted by Crippen LogP contribution is -2.18. The van der Waals surface area contributed by atoms with Crippen LogP contribution in [0.2, 0.25) is 0 Å². The van der Waals surface area contributed by atoms with Crippen LogP contribution in [-0.4, -0.2) is 24.8 Å². The van der Waals surface area contributed by atoms with Crippen LogP contribution in [0.1, 0.15) is 18.1 Å². The molecule has 1 heterocycles. The normalized spacial score (nSPS) is 11.8. The quantitative estimate of drug-likeness (QED) is 0.515. The summed E-state index contributed by atoms with van der Waals surface area (Å²) < 4.78 is 37.6. The van der Waals surface area contributed by atoms with E-state index in [9.17, 15) is 12.8 Å². The van der Waals surface area contributed by atoms with Gasteiger partial charge in [-0.2, -0.15) is 18.6 Å². The molecule has 0 aliphatic rings. The number of aryl methyl sites for hydroxylation is 1. The van der Waals surface area contributed by atoms with E-state index < -0.39 is 10.0 Å². The number of halogens is 1. The molecule has 3 rings (SSSR count). The van der Waals surface area contributed by atoms with Gasteiger partial charge in [0.05, 0.1) is 23.0 Å². The van der Waals surface area contributed by atoms with Crippen molar-refractivity contribution in [1.29, 1.82) is 0 Å². The third-order valence-electron chi connectivity index (χ3n) is 3.82. The van der Waals surface area contributed by atoms with Crippen molar-refractivity contribution in [2.75, 3.05) is 0 Å². The van der Waals surface area contributed by atoms with Crippen molar-refractivity contribution >= 4 is 16.2 Å². The summed E-state index contributed by atoms with van der Waals surface area (Å²) >= 11 is 0. The van der Waals surface area contributed by atoms with Gasteiger partial charge in [0.1, 0.15) is 5.82 Å². The van der Waals surface area contributed by atoms with Crippen LogP contribution in [-0.2, 0) is 16.4 Å². The predicted octanol–water partition coefficient (Wildman–Crippen LogP) is 3.09. The van der Waals surface area contributed by atoms with Gasteiger partial charge in [-0.1, -0.05) is 19.1 Å². The number of rotatable bonds is 6. The van der Waals surface area contributed by atoms with Crippen molar-refractivity contribution in [1.82, 2.24) is 15.0 Å². The number of nitrogens with zero attached hydrogens (tertiary/aromatic N) is 2. The third kappa shape index (κ3) is 3.97. The summed E-state index contributed by atoms with van der Waals surface area (Å²) in [5.74, 6) is -0.342. The number of aromatic nitrogens is 2. The molecule has 0 amide bonds. The molecule has 0 atom stereocenters. The summed E-state index contributed by atoms with van der Waals surface area (Å²) in [5.41, 5.74) is 2.94. The molecule has 0 saturated heterocycles. The molecule has 0 bridgehead atoms. The number of hydrazone groups is 1. The van der Waals surface area contributed by atoms with Crippen molar-refractivity contribution < 1.29 is 12.8 Å². The highest BCUT2D eigenvalue weighted by atomic mass is 32.2. The maximum Gasteiger partial charge on any atom is 0.276 e. The van der Waals surface area contributed by atoms with Crippen molar-refractivity contribution in [3.63, 3.8) is 0 Å². The summed E-state index contributed by atoms with van der Waals surface area (Å²) in [5, 5.41) is 10.5. The van der Waals surface area contributed by atoms with Gasteiger partial charge in [-0.05, 0) is 48.4 Å². The maximum absolute atomic E-state index is 13.0. The molecule has 0 aliphatic heterocycles. The molecule has 1 aromatic heterocycles. The van der Waals surface area contributed by atoms with E-state index in [1.807, 2.05) is 6.92 Å². The molecule has 0 radical (unpaired) electrons. The van der Waals surface area contributed by atoms with Gasteiger partial charge in [0.2, 0.25) is 0 Å². The van der Waals surface area contributed by atoms with Gasteiger partial charge in [0.25, 0.3) is 10.0 Å². The zero-order valence-electron chi connectivity index (χ0n) is 14.0. The van der Waals surface area contributed by atoms with E-state index in [1.54, 1.807) is 36.4 Å². The fourth-order valence-corrected chi connectivity index (χ4v) is 3.15. The number of nitrogens with one attached hydrogen (secondary N) is 2. The first kappa shape index (κ1) is 17.8. The Kier molecular flexibility index (Phi) is 5.13. The van der Waals surface area contributed by atoms with E-state index in [0.717, 1.165) is 12.0 Å². The van der Waals surface area contributed by atoms with Crippen molar-refractivity contribution in [2.24, 2.45) is 5.10 Å². The molecule has 0 aliphatic carbocycles. The summed E-state index contributed by atoms with van der Waals surface area (Å²) in [6, 6.07) is 12.5. The van der Waals surface area contributed by atoms with E-state index >= 15 is 0 Å². The highest BCUT2D eigenvalue weighted by molar-refractivity contribution is 7.89. The second-order valence-corrected chi connectivity index (χ2v) is 7.22. The van der Waals surface area contributed by atoms with Crippen LogP contribution >= 0.6 is 0 Å². The molecule has 6 nitrogen and oxygen atoms in total. The number of H-pyrrole nitrogens is 1. The first-order valence-electron chi connectivity index (χ1n) is 7.92. The molecule has 3 aromatic rings. The molecular formula is C18H17FN4O2S. The van der Waals surface area contributed by atoms with E-state index in [2.05, 4.69) is 20.1 Å². The smallest absolute Gasteiger partial charge is 0.276 e. The van der Waals surface area contributed by atoms with E-state index in [0.29, 0.717) is 16.8 Å². The van der Waals surface area contributed by atoms with Crippen LogP contribution in [0.5, 0.6) is 0 Å². The lowest BCUT2D eigenvalue weighted by Gasteiger charge is -2.04. The number of aromatic amines is 1. The van der Waals surface area contributed by atoms with E-state index in [-0.39, 0.29) is 10.7 Å². The van der Waals surface area contributed by atoms with E-state index in [4.69, 9.17) is 0 Å². The molecule has 0 saturated carbocycles. The Hall–Kier alpha value is -3.00. The largest absolute Gasteiger partial charge is 0.277 e. The first-order valence-corrected chi connectivity index (χ1v) is 9.41. The zero-order valence-corrected chi connectivity index (χ0v) is 14.8. The number of hydrogen-bond acceptors (Lipinski definition) is 4. The fraction of sp³-hybridized carbons (Fsp3) is 0.111. The standard InChI is InChI=1S/C18H17FN4O2S/c1-2-13-3-9-17(10-4-13)26(24,25)23-21-12-15-11-20-22-18(15)14-5-7-16(19)8-6-14/h3-12,23H,2H2,1H3,(H,20,22)/b21-12-. The van der Waals surface area contributed by atoms with Crippen molar-refractivity contribution in [2.45, 2.75) is 18.2 Å². The molecule has 134 valence electrons. The summed E-state index contributed by atoms with van der Waals surface area (Å²) in [4.78, 5) is 2.32. The summed E-state index contributed by atoms with van der Waals surface area (Å²) in [6.45, 7) is 2.00. The lowest BCUT2D eigenvalue weighted by atomic mass is 10.1. The Balaban J connectivity index is 1.76. The van der Waals surface area contributed by atoms with Crippen LogP contribution in [0.15, 0.2) is 64.7 Å². The summed E-state index contributed by atoms with van der Waals surface area (Å²) in [7, 11) is -3.75. The Morgan fingerprint density at radius 1 is 1.15 bits per heavy atom. The van der Waals surface area contributed by atoms with Crippen LogP contribution in [0.3, 0.4) is 0 Å². The SMILES string of the molecule is CCc1ccc(S(=O)(=O)N/N=C\c2cn[nH]c2-c2ccc(F)cc2)cc1. The molecule has 2 N–H and O–H groups in total. The minimum absolute atomic E-state index is 0.137. The van der Waals surface area contributed by atoms with Crippen LogP contribution in [0.25, 0.3) is 11.3 Å². The molecule has 0 unspecified atom stereocenters. The predicted molar refractivity (Wildman–Crippen MR) is 97.7 cm³/mol. The monoisotopic (exact) mass is 372 g/mol. The lowest BCUT2D eigenvalue weighted by molar-refractivity contribution is 0.584. The topological polar surface area (TPSA) is 87.2 Å². The zero-order chi connectivity index (χ0) is 18.6. The molecule has 8 heteroatoms. The second kappa shape index (κ2) is 7.49. The van der Waals surface area contributed by atoms with Gasteiger partial charge < -0.3 is 0 Å². The number of hydrogen-bond donors (Lipinski definition) is 2. The fourth-order valence-electron chi connectivity index (χ4n) is 2.36. The number of sulfonamides is 1. The van der Waals surface area contributed by atoms with Crippen molar-refractivity contribution in [3.8, 4) is 11.3 Å². The molecule has 0 spiro atoms. The van der Waals surface area contributed by atoms with Crippen LogP contribution < -0.4 is 4.83 Å². The highest BCUT2D eigenvalue weighted by Crippen LogP contribution is 2.20. The highest BCUT2D eigenvalue weighted by Gasteiger charge is 2.12. The molecular weight excluding hydrogens is 355 g/mol. The van der Waals surface area contributed by atoms with Gasteiger partial charge in [-0.15, -0.1) is 0 Å². The van der Waals surface area contributed by atoms with Gasteiger partial charge in [0.15, 0.2) is 0 Å². The van der Waals surface area contributed by atoms with Gasteiger partial charge >= 0.3 is 0 Å². The minimum atomic E-state index is -3.75. The van der Waals surface area contributed by atoms with Crippen LogP contribution in [0, 0.1) is 5.82 Å². The number of benzene rings is 2. The molecule has 26 heavy (non-hydrogen) atoms. The van der Waals surface area contributed by atoms with E-state index in [1.165, 1.54) is 24.5 Å². The van der Waals surface area contributed by atoms with Gasteiger partial charge in [-0.25, -0.2) is 9.22 Å². The first-order chi connectivity index (χ1) is 12.5. The molecule has 0 fully saturated rings. The average Bonchev–Trinajstić information content (AvgIpc) is 3.11. The second-order valence-electron chi connectivity index (χ2n) is 5.56. The Morgan fingerprint density at radius 2 is 1.85 bits per heavy atom. The Labute approximate surface area is 150 Å². The van der Waals surface area contributed by atoms with Gasteiger partial charge in [0, 0.05) is 11.1 Å².